The minimum atomic E-state index is -1.75. The molecule has 0 aromatic carbocycles. The number of hydrogen-bond acceptors (Lipinski definition) is 2. The summed E-state index contributed by atoms with van der Waals surface area (Å²) in [4.78, 5) is 0. The second-order valence-corrected chi connectivity index (χ2v) is 14.2. The van der Waals surface area contributed by atoms with E-state index < -0.39 is 13.9 Å². The lowest BCUT2D eigenvalue weighted by atomic mass is 9.92. The molecule has 0 saturated heterocycles. The number of rotatable bonds is 8. The number of hydrogen-bond donors (Lipinski definition) is 1. The van der Waals surface area contributed by atoms with Crippen molar-refractivity contribution in [3.05, 3.63) is 11.6 Å². The molecule has 3 heteroatoms. The summed E-state index contributed by atoms with van der Waals surface area (Å²) in [5, 5.41) is 10.9. The van der Waals surface area contributed by atoms with Gasteiger partial charge in [-0.2, -0.15) is 0 Å². The van der Waals surface area contributed by atoms with Crippen molar-refractivity contribution in [2.45, 2.75) is 102 Å². The van der Waals surface area contributed by atoms with Gasteiger partial charge in [0.2, 0.25) is 0 Å². The lowest BCUT2D eigenvalue weighted by molar-refractivity contribution is 0.152. The highest BCUT2D eigenvalue weighted by Crippen LogP contribution is 2.53. The summed E-state index contributed by atoms with van der Waals surface area (Å²) >= 11 is 0. The first-order valence-corrected chi connectivity index (χ1v) is 11.9. The molecule has 0 aromatic rings. The highest BCUT2D eigenvalue weighted by atomic mass is 28.4. The molecule has 0 unspecified atom stereocenters. The Labute approximate surface area is 144 Å². The van der Waals surface area contributed by atoms with Crippen LogP contribution in [0.3, 0.4) is 0 Å². The summed E-state index contributed by atoms with van der Waals surface area (Å²) in [6.45, 7) is 14.9. The zero-order valence-electron chi connectivity index (χ0n) is 16.2. The molecule has 2 rings (SSSR count). The van der Waals surface area contributed by atoms with Crippen molar-refractivity contribution in [3.8, 4) is 0 Å². The minimum absolute atomic E-state index is 0.435. The first kappa shape index (κ1) is 19.2. The molecule has 2 aliphatic carbocycles. The maximum Gasteiger partial charge on any atom is 0.200 e. The van der Waals surface area contributed by atoms with Gasteiger partial charge < -0.3 is 9.53 Å². The molecular formula is C20H38O2Si. The van der Waals surface area contributed by atoms with Crippen LogP contribution in [0.25, 0.3) is 0 Å². The Morgan fingerprint density at radius 1 is 1.13 bits per heavy atom. The van der Waals surface area contributed by atoms with E-state index in [0.29, 0.717) is 22.5 Å². The van der Waals surface area contributed by atoms with Gasteiger partial charge in [0, 0.05) is 6.61 Å². The van der Waals surface area contributed by atoms with Crippen LogP contribution < -0.4 is 0 Å². The van der Waals surface area contributed by atoms with E-state index in [4.69, 9.17) is 4.43 Å². The van der Waals surface area contributed by atoms with Crippen molar-refractivity contribution in [1.82, 2.24) is 0 Å². The van der Waals surface area contributed by atoms with E-state index in [9.17, 15) is 5.11 Å². The van der Waals surface area contributed by atoms with Crippen LogP contribution in [0.2, 0.25) is 16.6 Å². The van der Waals surface area contributed by atoms with Gasteiger partial charge in [0.05, 0.1) is 5.60 Å². The zero-order valence-corrected chi connectivity index (χ0v) is 17.2. The van der Waals surface area contributed by atoms with Crippen LogP contribution in [0, 0.1) is 5.92 Å². The molecule has 2 aliphatic rings. The summed E-state index contributed by atoms with van der Waals surface area (Å²) in [6, 6.07) is 0. The largest absolute Gasteiger partial charge is 0.416 e. The Balaban J connectivity index is 1.90. The molecule has 0 spiro atoms. The third kappa shape index (κ3) is 3.77. The number of allylic oxidation sites excluding steroid dienone is 1. The van der Waals surface area contributed by atoms with Crippen molar-refractivity contribution in [1.29, 1.82) is 0 Å². The van der Waals surface area contributed by atoms with Gasteiger partial charge in [-0.15, -0.1) is 0 Å². The summed E-state index contributed by atoms with van der Waals surface area (Å²) in [6.07, 6.45) is 9.10. The lowest BCUT2D eigenvalue weighted by Crippen LogP contribution is -2.48. The minimum Gasteiger partial charge on any atom is -0.416 e. The molecule has 0 aliphatic heterocycles. The van der Waals surface area contributed by atoms with E-state index in [1.807, 2.05) is 0 Å². The third-order valence-electron chi connectivity index (χ3n) is 6.45. The summed E-state index contributed by atoms with van der Waals surface area (Å²) in [5.41, 5.74) is 2.78. The third-order valence-corrected chi connectivity index (χ3v) is 12.6. The van der Waals surface area contributed by atoms with Crippen LogP contribution in [0.1, 0.15) is 80.1 Å². The first-order chi connectivity index (χ1) is 10.7. The molecule has 0 radical (unpaired) electrons. The van der Waals surface area contributed by atoms with Gasteiger partial charge in [0.25, 0.3) is 0 Å². The molecular weight excluding hydrogens is 300 g/mol. The van der Waals surface area contributed by atoms with Crippen molar-refractivity contribution in [3.63, 3.8) is 0 Å². The molecule has 0 bridgehead atoms. The van der Waals surface area contributed by atoms with E-state index >= 15 is 0 Å². The molecule has 1 N–H and O–H groups in total. The zero-order chi connectivity index (χ0) is 17.3. The van der Waals surface area contributed by atoms with Crippen molar-refractivity contribution in [2.24, 2.45) is 5.92 Å². The highest BCUT2D eigenvalue weighted by Gasteiger charge is 2.55. The standard InChI is InChI=1S/C20H38O2Si/c1-15(2)23(16(3)4,17(5)6)22-13-12-19-14-20(19,21)18-10-8-7-9-11-18/h10,15-17,19,21H,7-9,11-14H2,1-6H3/t19-,20+/m0/s1. The van der Waals surface area contributed by atoms with Gasteiger partial charge in [-0.1, -0.05) is 47.6 Å². The molecule has 1 saturated carbocycles. The van der Waals surface area contributed by atoms with Crippen molar-refractivity contribution >= 4 is 8.32 Å². The van der Waals surface area contributed by atoms with Crippen LogP contribution in [-0.2, 0) is 4.43 Å². The summed E-state index contributed by atoms with van der Waals surface area (Å²) in [7, 11) is -1.75. The Bertz CT molecular complexity index is 406. The van der Waals surface area contributed by atoms with Crippen LogP contribution in [0.5, 0.6) is 0 Å². The quantitative estimate of drug-likeness (QED) is 0.446. The second-order valence-electron chi connectivity index (χ2n) is 8.76. The van der Waals surface area contributed by atoms with E-state index in [2.05, 4.69) is 47.6 Å². The van der Waals surface area contributed by atoms with Crippen LogP contribution >= 0.6 is 0 Å². The van der Waals surface area contributed by atoms with Crippen molar-refractivity contribution in [2.75, 3.05) is 6.61 Å². The average molecular weight is 339 g/mol. The fourth-order valence-electron chi connectivity index (χ4n) is 5.16. The maximum atomic E-state index is 10.9. The van der Waals surface area contributed by atoms with Gasteiger partial charge in [-0.05, 0) is 66.6 Å². The fraction of sp³-hybridized carbons (Fsp3) is 0.900. The molecule has 0 heterocycles. The van der Waals surface area contributed by atoms with Crippen LogP contribution in [-0.4, -0.2) is 25.6 Å². The molecule has 0 amide bonds. The van der Waals surface area contributed by atoms with Crippen LogP contribution in [0.15, 0.2) is 11.6 Å². The SMILES string of the molecule is CC(C)[Si](OCC[C@H]1C[C@@]1(O)C1=CCCCC1)(C(C)C)C(C)C. The monoisotopic (exact) mass is 338 g/mol. The first-order valence-electron chi connectivity index (χ1n) is 9.81. The van der Waals surface area contributed by atoms with E-state index in [-0.39, 0.29) is 0 Å². The molecule has 23 heavy (non-hydrogen) atoms. The molecule has 2 nitrogen and oxygen atoms in total. The Morgan fingerprint density at radius 2 is 1.74 bits per heavy atom. The average Bonchev–Trinajstić information content (AvgIpc) is 3.15. The maximum absolute atomic E-state index is 10.9. The Morgan fingerprint density at radius 3 is 2.22 bits per heavy atom. The van der Waals surface area contributed by atoms with Crippen molar-refractivity contribution < 1.29 is 9.53 Å². The topological polar surface area (TPSA) is 29.5 Å². The predicted octanol–water partition coefficient (Wildman–Crippen LogP) is 5.82. The van der Waals surface area contributed by atoms with Gasteiger partial charge in [0.15, 0.2) is 8.32 Å². The van der Waals surface area contributed by atoms with Crippen LogP contribution in [0.4, 0.5) is 0 Å². The normalized spacial score (nSPS) is 28.6. The predicted molar refractivity (Wildman–Crippen MR) is 101 cm³/mol. The van der Waals surface area contributed by atoms with E-state index in [1.165, 1.54) is 18.4 Å². The fourth-order valence-corrected chi connectivity index (χ4v) is 10.6. The van der Waals surface area contributed by atoms with Gasteiger partial charge in [-0.3, -0.25) is 0 Å². The second kappa shape index (κ2) is 7.41. The highest BCUT2D eigenvalue weighted by molar-refractivity contribution is 6.77. The lowest BCUT2D eigenvalue weighted by Gasteiger charge is -2.42. The summed E-state index contributed by atoms with van der Waals surface area (Å²) in [5.74, 6) is 0.435. The molecule has 134 valence electrons. The molecule has 0 aromatic heterocycles. The molecule has 1 fully saturated rings. The van der Waals surface area contributed by atoms with Gasteiger partial charge >= 0.3 is 0 Å². The van der Waals surface area contributed by atoms with Gasteiger partial charge in [-0.25, -0.2) is 0 Å². The summed E-state index contributed by atoms with van der Waals surface area (Å²) < 4.78 is 6.65. The van der Waals surface area contributed by atoms with Gasteiger partial charge in [0.1, 0.15) is 0 Å². The number of aliphatic hydroxyl groups is 1. The smallest absolute Gasteiger partial charge is 0.200 e. The molecule has 2 atom stereocenters. The van der Waals surface area contributed by atoms with E-state index in [1.54, 1.807) is 0 Å². The Hall–Kier alpha value is -0.123. The van der Waals surface area contributed by atoms with E-state index in [0.717, 1.165) is 32.3 Å². The Kier molecular flexibility index (Phi) is 6.19.